The lowest BCUT2D eigenvalue weighted by molar-refractivity contribution is -0.149. The first-order valence-corrected chi connectivity index (χ1v) is 17.7. The lowest BCUT2D eigenvalue weighted by atomic mass is 9.94. The summed E-state index contributed by atoms with van der Waals surface area (Å²) in [5.41, 5.74) is 6.93. The van der Waals surface area contributed by atoms with Gasteiger partial charge in [0.15, 0.2) is 0 Å². The van der Waals surface area contributed by atoms with Crippen molar-refractivity contribution in [3.8, 4) is 28.3 Å². The number of hydrogen-bond acceptors (Lipinski definition) is 9. The normalized spacial score (nSPS) is 16.3. The molecule has 2 aromatic carbocycles. The van der Waals surface area contributed by atoms with Crippen LogP contribution in [0.4, 0.5) is 11.5 Å². The Bertz CT molecular complexity index is 2290. The van der Waals surface area contributed by atoms with Crippen LogP contribution in [0.3, 0.4) is 0 Å². The second-order valence-corrected chi connectivity index (χ2v) is 13.6. The number of nitrogens with one attached hydrogen (secondary N) is 1. The maximum Gasteiger partial charge on any atom is 0.330 e. The zero-order valence-corrected chi connectivity index (χ0v) is 30.2. The van der Waals surface area contributed by atoms with E-state index in [4.69, 9.17) is 26.1 Å². The summed E-state index contributed by atoms with van der Waals surface area (Å²) < 4.78 is 13.7. The van der Waals surface area contributed by atoms with Crippen molar-refractivity contribution in [3.05, 3.63) is 97.3 Å². The van der Waals surface area contributed by atoms with Gasteiger partial charge in [-0.25, -0.2) is 14.8 Å². The molecule has 0 spiro atoms. The van der Waals surface area contributed by atoms with Gasteiger partial charge in [0.05, 0.1) is 35.9 Å². The van der Waals surface area contributed by atoms with Gasteiger partial charge in [0.1, 0.15) is 11.2 Å². The monoisotopic (exact) mass is 708 g/mol. The summed E-state index contributed by atoms with van der Waals surface area (Å²) in [4.78, 5) is 50.0. The number of likely N-dealkylation sites (tertiary alicyclic amines) is 1. The van der Waals surface area contributed by atoms with Gasteiger partial charge in [-0.1, -0.05) is 41.9 Å². The highest BCUT2D eigenvalue weighted by Gasteiger charge is 2.36. The quantitative estimate of drug-likeness (QED) is 0.184. The van der Waals surface area contributed by atoms with Gasteiger partial charge < -0.3 is 14.8 Å². The van der Waals surface area contributed by atoms with Crippen LogP contribution in [0, 0.1) is 12.8 Å². The molecule has 5 aromatic rings. The number of aryl methyl sites for hydroxylation is 2. The Morgan fingerprint density at radius 3 is 2.47 bits per heavy atom. The van der Waals surface area contributed by atoms with Crippen LogP contribution >= 0.6 is 11.6 Å². The molecule has 1 saturated heterocycles. The summed E-state index contributed by atoms with van der Waals surface area (Å²) in [6, 6.07) is 15.8. The minimum atomic E-state index is -0.421. The van der Waals surface area contributed by atoms with E-state index in [0.29, 0.717) is 34.2 Å². The van der Waals surface area contributed by atoms with Gasteiger partial charge >= 0.3 is 11.7 Å². The Balaban J connectivity index is 1.20. The van der Waals surface area contributed by atoms with Crippen LogP contribution in [0.25, 0.3) is 33.3 Å². The van der Waals surface area contributed by atoms with Crippen LogP contribution in [0.2, 0.25) is 5.02 Å². The summed E-state index contributed by atoms with van der Waals surface area (Å²) in [5, 5.41) is 4.25. The first kappa shape index (κ1) is 34.4. The number of nitrogens with zero attached hydrogens (tertiary/aromatic N) is 5. The van der Waals surface area contributed by atoms with Gasteiger partial charge in [0, 0.05) is 48.7 Å². The minimum absolute atomic E-state index is 0.0421. The molecule has 264 valence electrons. The van der Waals surface area contributed by atoms with Crippen LogP contribution in [0.1, 0.15) is 48.9 Å². The molecule has 0 amide bonds. The van der Waals surface area contributed by atoms with Gasteiger partial charge in [0.2, 0.25) is 5.88 Å². The molecule has 51 heavy (non-hydrogen) atoms. The number of aromatic nitrogens is 4. The Morgan fingerprint density at radius 2 is 1.73 bits per heavy atom. The summed E-state index contributed by atoms with van der Waals surface area (Å²) >= 11 is 7.23. The first-order valence-electron chi connectivity index (χ1n) is 17.3. The van der Waals surface area contributed by atoms with Crippen LogP contribution in [0.5, 0.6) is 5.88 Å². The number of carbonyl (C=O) groups excluding carboxylic acids is 1. The number of benzene rings is 2. The second kappa shape index (κ2) is 14.0. The van der Waals surface area contributed by atoms with E-state index >= 15 is 0 Å². The van der Waals surface area contributed by atoms with E-state index in [1.807, 2.05) is 50.2 Å². The number of pyridine rings is 2. The lowest BCUT2D eigenvalue weighted by Gasteiger charge is -2.35. The van der Waals surface area contributed by atoms with Crippen molar-refractivity contribution in [1.82, 2.24) is 24.0 Å². The van der Waals surface area contributed by atoms with Gasteiger partial charge in [-0.15, -0.1) is 0 Å². The molecule has 0 saturated carbocycles. The maximum atomic E-state index is 13.2. The van der Waals surface area contributed by atoms with Gasteiger partial charge in [-0.05, 0) is 87.5 Å². The Hall–Kier alpha value is -5.00. The predicted octanol–water partition coefficient (Wildman–Crippen LogP) is 6.34. The highest BCUT2D eigenvalue weighted by Crippen LogP contribution is 2.45. The molecular formula is C39H41ClN6O5. The fourth-order valence-electron chi connectivity index (χ4n) is 7.70. The van der Waals surface area contributed by atoms with E-state index in [2.05, 4.69) is 21.3 Å². The van der Waals surface area contributed by atoms with Crippen molar-refractivity contribution in [2.45, 2.75) is 45.6 Å². The Morgan fingerprint density at radius 1 is 1.00 bits per heavy atom. The summed E-state index contributed by atoms with van der Waals surface area (Å²) in [6.45, 7) is 5.90. The molecule has 1 fully saturated rings. The number of halogens is 1. The van der Waals surface area contributed by atoms with Crippen molar-refractivity contribution < 1.29 is 14.3 Å². The van der Waals surface area contributed by atoms with Crippen molar-refractivity contribution in [2.75, 3.05) is 32.1 Å². The molecule has 1 aliphatic heterocycles. The summed E-state index contributed by atoms with van der Waals surface area (Å²) in [6.07, 6.45) is 5.01. The number of anilines is 2. The van der Waals surface area contributed by atoms with E-state index in [-0.39, 0.29) is 17.9 Å². The predicted molar refractivity (Wildman–Crippen MR) is 199 cm³/mol. The van der Waals surface area contributed by atoms with E-state index in [0.717, 1.165) is 82.5 Å². The molecule has 1 atom stereocenters. The molecule has 0 bridgehead atoms. The number of esters is 1. The zero-order chi connectivity index (χ0) is 36.0. The fourth-order valence-corrected chi connectivity index (χ4v) is 8.02. The highest BCUT2D eigenvalue weighted by atomic mass is 35.5. The number of fused-ring (bicyclic) bond motifs is 2. The summed E-state index contributed by atoms with van der Waals surface area (Å²) in [5.74, 6) is 0.833. The second-order valence-electron chi connectivity index (χ2n) is 13.2. The van der Waals surface area contributed by atoms with Crippen LogP contribution < -0.4 is 21.3 Å². The molecule has 3 aromatic heterocycles. The highest BCUT2D eigenvalue weighted by molar-refractivity contribution is 6.36. The number of ether oxygens (including phenoxy) is 2. The Kier molecular flexibility index (Phi) is 9.43. The third kappa shape index (κ3) is 6.08. The van der Waals surface area contributed by atoms with Crippen LogP contribution in [0.15, 0.2) is 64.3 Å². The molecule has 2 aliphatic rings. The molecule has 0 unspecified atom stereocenters. The standard InChI is InChI=1S/C39H41ClN6O5/c1-6-51-38(48)23-16-19-46(20-17-23)31-14-13-24-21-29(43-36(50-5)32(24)31)27-11-7-10-26(34(27)40)25-9-8-12-28(22(25)2)42-35-33-30(15-18-41-35)44(3)39(49)45(4)37(33)47/h7-12,15,18,21,23,31H,6,13-14,16-17,19-20H2,1-5H3,(H,41,42)/t31-/m0/s1. The van der Waals surface area contributed by atoms with Crippen molar-refractivity contribution >= 4 is 40.0 Å². The minimum Gasteiger partial charge on any atom is -0.481 e. The molecule has 1 N–H and O–H groups in total. The molecular weight excluding hydrogens is 668 g/mol. The van der Waals surface area contributed by atoms with Crippen LogP contribution in [-0.4, -0.2) is 56.8 Å². The van der Waals surface area contributed by atoms with Crippen molar-refractivity contribution in [3.63, 3.8) is 0 Å². The Labute approximate surface area is 300 Å². The molecule has 4 heterocycles. The van der Waals surface area contributed by atoms with E-state index in [1.165, 1.54) is 17.2 Å². The third-order valence-corrected chi connectivity index (χ3v) is 10.9. The number of methoxy groups -OCH3 is 1. The first-order chi connectivity index (χ1) is 24.6. The average molecular weight is 709 g/mol. The SMILES string of the molecule is CCOC(=O)C1CCN([C@H]2CCc3cc(-c4cccc(-c5cccc(Nc6nccc7c6c(=O)n(C)c(=O)n7C)c5C)c4Cl)nc(OC)c32)CC1. The van der Waals surface area contributed by atoms with Crippen LogP contribution in [-0.2, 0) is 30.0 Å². The topological polar surface area (TPSA) is 121 Å². The summed E-state index contributed by atoms with van der Waals surface area (Å²) in [7, 11) is 4.76. The molecule has 0 radical (unpaired) electrons. The molecule has 1 aliphatic carbocycles. The largest absolute Gasteiger partial charge is 0.481 e. The zero-order valence-electron chi connectivity index (χ0n) is 29.5. The van der Waals surface area contributed by atoms with Gasteiger partial charge in [-0.3, -0.25) is 23.6 Å². The molecule has 11 nitrogen and oxygen atoms in total. The van der Waals surface area contributed by atoms with Crippen molar-refractivity contribution in [1.29, 1.82) is 0 Å². The smallest absolute Gasteiger partial charge is 0.330 e. The average Bonchev–Trinajstić information content (AvgIpc) is 3.58. The molecule has 7 rings (SSSR count). The van der Waals surface area contributed by atoms with Gasteiger partial charge in [0.25, 0.3) is 5.56 Å². The number of carbonyl (C=O) groups is 1. The van der Waals surface area contributed by atoms with Gasteiger partial charge in [-0.2, -0.15) is 0 Å². The third-order valence-electron chi connectivity index (χ3n) is 10.4. The molecule has 12 heteroatoms. The number of piperidine rings is 1. The van der Waals surface area contributed by atoms with E-state index in [1.54, 1.807) is 26.4 Å². The fraction of sp³-hybridized carbons (Fsp3) is 0.359. The maximum absolute atomic E-state index is 13.2. The van der Waals surface area contributed by atoms with E-state index < -0.39 is 11.2 Å². The van der Waals surface area contributed by atoms with Crippen molar-refractivity contribution in [2.24, 2.45) is 20.0 Å². The number of rotatable bonds is 8. The number of hydrogen-bond donors (Lipinski definition) is 1. The lowest BCUT2D eigenvalue weighted by Crippen LogP contribution is -2.38. The van der Waals surface area contributed by atoms with E-state index in [9.17, 15) is 14.4 Å².